The first kappa shape index (κ1) is 18.8. The molecule has 29 heavy (non-hydrogen) atoms. The van der Waals surface area contributed by atoms with Crippen molar-refractivity contribution in [3.8, 4) is 11.4 Å². The number of nitrogens with zero attached hydrogens (tertiary/aromatic N) is 2. The third-order valence-corrected chi connectivity index (χ3v) is 4.97. The third-order valence-electron chi connectivity index (χ3n) is 4.72. The molecular weight excluding hydrogens is 392 g/mol. The van der Waals surface area contributed by atoms with Gasteiger partial charge in [0.25, 0.3) is 11.5 Å². The Morgan fingerprint density at radius 3 is 2.66 bits per heavy atom. The average Bonchev–Trinajstić information content (AvgIpc) is 3.12. The summed E-state index contributed by atoms with van der Waals surface area (Å²) in [4.78, 5) is 27.8. The van der Waals surface area contributed by atoms with Crippen molar-refractivity contribution in [3.05, 3.63) is 86.8 Å². The molecule has 3 N–H and O–H groups in total. The van der Waals surface area contributed by atoms with Gasteiger partial charge in [-0.1, -0.05) is 35.9 Å². The predicted octanol–water partition coefficient (Wildman–Crippen LogP) is 3.31. The van der Waals surface area contributed by atoms with E-state index < -0.39 is 17.2 Å². The Hall–Kier alpha value is -3.58. The van der Waals surface area contributed by atoms with Crippen LogP contribution in [0.3, 0.4) is 0 Å². The van der Waals surface area contributed by atoms with E-state index in [-0.39, 0.29) is 23.1 Å². The molecule has 0 bridgehead atoms. The van der Waals surface area contributed by atoms with E-state index in [1.807, 2.05) is 31.2 Å². The number of fused-ring (bicyclic) bond motifs is 1. The van der Waals surface area contributed by atoms with E-state index in [1.165, 1.54) is 10.9 Å². The number of aromatic amines is 1. The van der Waals surface area contributed by atoms with Crippen molar-refractivity contribution >= 4 is 28.5 Å². The number of H-pyrrole nitrogens is 1. The van der Waals surface area contributed by atoms with Crippen LogP contribution in [0.1, 0.15) is 21.5 Å². The molecule has 0 fully saturated rings. The van der Waals surface area contributed by atoms with E-state index in [0.717, 1.165) is 11.1 Å². The van der Waals surface area contributed by atoms with Crippen molar-refractivity contribution in [2.75, 3.05) is 0 Å². The summed E-state index contributed by atoms with van der Waals surface area (Å²) in [6.45, 7) is 2.18. The molecular formula is C21H17ClN4O3. The van der Waals surface area contributed by atoms with Gasteiger partial charge in [-0.3, -0.25) is 9.59 Å². The second-order valence-corrected chi connectivity index (χ2v) is 7.02. The van der Waals surface area contributed by atoms with E-state index in [1.54, 1.807) is 24.3 Å². The van der Waals surface area contributed by atoms with Crippen molar-refractivity contribution in [1.29, 1.82) is 0 Å². The summed E-state index contributed by atoms with van der Waals surface area (Å²) in [5, 5.41) is 18.3. The smallest absolute Gasteiger partial charge is 0.266 e. The highest BCUT2D eigenvalue weighted by atomic mass is 35.5. The van der Waals surface area contributed by atoms with Crippen molar-refractivity contribution in [2.45, 2.75) is 13.5 Å². The Labute approximate surface area is 170 Å². The number of amides is 1. The molecule has 8 heteroatoms. The molecule has 0 unspecified atom stereocenters. The minimum Gasteiger partial charge on any atom is -0.506 e. The van der Waals surface area contributed by atoms with Crippen molar-refractivity contribution in [1.82, 2.24) is 20.1 Å². The quantitative estimate of drug-likeness (QED) is 0.482. The first-order valence-corrected chi connectivity index (χ1v) is 9.25. The molecule has 0 atom stereocenters. The maximum atomic E-state index is 12.6. The maximum Gasteiger partial charge on any atom is 0.266 e. The lowest BCUT2D eigenvalue weighted by atomic mass is 10.1. The zero-order chi connectivity index (χ0) is 20.5. The van der Waals surface area contributed by atoms with Crippen LogP contribution in [0, 0.1) is 6.92 Å². The molecule has 0 aliphatic carbocycles. The first-order valence-electron chi connectivity index (χ1n) is 8.87. The van der Waals surface area contributed by atoms with Crippen LogP contribution in [0.25, 0.3) is 16.7 Å². The van der Waals surface area contributed by atoms with Crippen LogP contribution >= 0.6 is 11.6 Å². The molecule has 2 aromatic heterocycles. The second kappa shape index (κ2) is 7.44. The minimum absolute atomic E-state index is 0.243. The number of rotatable bonds is 4. The number of aryl methyl sites for hydroxylation is 1. The highest BCUT2D eigenvalue weighted by Crippen LogP contribution is 2.26. The number of halogens is 1. The Morgan fingerprint density at radius 2 is 1.93 bits per heavy atom. The molecule has 146 valence electrons. The predicted molar refractivity (Wildman–Crippen MR) is 111 cm³/mol. The van der Waals surface area contributed by atoms with Gasteiger partial charge in [0.2, 0.25) is 0 Å². The van der Waals surface area contributed by atoms with Crippen LogP contribution in [0.4, 0.5) is 0 Å². The zero-order valence-electron chi connectivity index (χ0n) is 15.4. The number of hydrogen-bond donors (Lipinski definition) is 3. The van der Waals surface area contributed by atoms with E-state index in [2.05, 4.69) is 15.4 Å². The van der Waals surface area contributed by atoms with Gasteiger partial charge in [-0.05, 0) is 42.3 Å². The van der Waals surface area contributed by atoms with Crippen molar-refractivity contribution in [3.63, 3.8) is 0 Å². The second-order valence-electron chi connectivity index (χ2n) is 6.58. The average molecular weight is 409 g/mol. The summed E-state index contributed by atoms with van der Waals surface area (Å²) in [7, 11) is 0. The number of carbonyl (C=O) groups is 1. The fourth-order valence-corrected chi connectivity index (χ4v) is 3.24. The molecule has 7 nitrogen and oxygen atoms in total. The lowest BCUT2D eigenvalue weighted by molar-refractivity contribution is 0.0947. The minimum atomic E-state index is -0.701. The number of pyridine rings is 1. The van der Waals surface area contributed by atoms with Crippen LogP contribution in [0.2, 0.25) is 5.02 Å². The number of hydrogen-bond acceptors (Lipinski definition) is 4. The fourth-order valence-electron chi connectivity index (χ4n) is 3.12. The standard InChI is InChI=1S/C21H17ClN4O3/c1-12-4-2-3-5-13(12)10-23-20(28)17-18(27)16-11-24-26(19(16)25-21(17)29)15-8-6-14(22)7-9-15/h2-9,11H,10H2,1H3,(H,23,28)(H2,25,27,29). The number of carbonyl (C=O) groups excluding carboxylic acids is 1. The first-order chi connectivity index (χ1) is 14.0. The van der Waals surface area contributed by atoms with E-state index >= 15 is 0 Å². The van der Waals surface area contributed by atoms with Crippen LogP contribution in [-0.4, -0.2) is 25.8 Å². The van der Waals surface area contributed by atoms with Gasteiger partial charge in [-0.2, -0.15) is 5.10 Å². The summed E-state index contributed by atoms with van der Waals surface area (Å²) in [5.41, 5.74) is 1.83. The van der Waals surface area contributed by atoms with Gasteiger partial charge in [0.15, 0.2) is 0 Å². The molecule has 2 heterocycles. The third kappa shape index (κ3) is 3.48. The zero-order valence-corrected chi connectivity index (χ0v) is 16.2. The van der Waals surface area contributed by atoms with E-state index in [4.69, 9.17) is 11.6 Å². The van der Waals surface area contributed by atoms with Gasteiger partial charge >= 0.3 is 0 Å². The molecule has 0 spiro atoms. The molecule has 0 aliphatic heterocycles. The Balaban J connectivity index is 1.69. The number of nitrogens with one attached hydrogen (secondary N) is 2. The van der Waals surface area contributed by atoms with Gasteiger partial charge < -0.3 is 15.4 Å². The maximum absolute atomic E-state index is 12.6. The molecule has 4 aromatic rings. The van der Waals surface area contributed by atoms with Gasteiger partial charge in [0.05, 0.1) is 17.3 Å². The summed E-state index contributed by atoms with van der Waals surface area (Å²) in [6, 6.07) is 14.4. The van der Waals surface area contributed by atoms with Gasteiger partial charge in [-0.15, -0.1) is 0 Å². The van der Waals surface area contributed by atoms with E-state index in [9.17, 15) is 14.7 Å². The largest absolute Gasteiger partial charge is 0.506 e. The molecule has 2 aromatic carbocycles. The summed E-state index contributed by atoms with van der Waals surface area (Å²) in [6.07, 6.45) is 1.40. The molecule has 0 aliphatic rings. The van der Waals surface area contributed by atoms with Crippen molar-refractivity contribution in [2.24, 2.45) is 0 Å². The Kier molecular flexibility index (Phi) is 4.82. The number of benzene rings is 2. The molecule has 4 rings (SSSR count). The normalized spacial score (nSPS) is 11.0. The number of aromatic nitrogens is 3. The molecule has 0 saturated heterocycles. The highest BCUT2D eigenvalue weighted by Gasteiger charge is 2.21. The Bertz CT molecular complexity index is 1280. The van der Waals surface area contributed by atoms with Crippen LogP contribution in [0.15, 0.2) is 59.5 Å². The monoisotopic (exact) mass is 408 g/mol. The molecule has 0 saturated carbocycles. The summed E-state index contributed by atoms with van der Waals surface area (Å²) < 4.78 is 1.46. The number of aromatic hydroxyl groups is 1. The summed E-state index contributed by atoms with van der Waals surface area (Å²) >= 11 is 5.91. The van der Waals surface area contributed by atoms with Crippen LogP contribution < -0.4 is 10.9 Å². The van der Waals surface area contributed by atoms with Gasteiger partial charge in [-0.25, -0.2) is 4.68 Å². The lowest BCUT2D eigenvalue weighted by Gasteiger charge is -2.09. The van der Waals surface area contributed by atoms with Crippen LogP contribution in [0.5, 0.6) is 5.75 Å². The molecule has 1 amide bonds. The lowest BCUT2D eigenvalue weighted by Crippen LogP contribution is -2.29. The highest BCUT2D eigenvalue weighted by molar-refractivity contribution is 6.30. The SMILES string of the molecule is Cc1ccccc1CNC(=O)c1c(O)c2cnn(-c3ccc(Cl)cc3)c2[nH]c1=O. The topological polar surface area (TPSA) is 100 Å². The van der Waals surface area contributed by atoms with Crippen molar-refractivity contribution < 1.29 is 9.90 Å². The van der Waals surface area contributed by atoms with Gasteiger partial charge in [0.1, 0.15) is 17.0 Å². The summed E-state index contributed by atoms with van der Waals surface area (Å²) in [5.74, 6) is -1.07. The Morgan fingerprint density at radius 1 is 1.21 bits per heavy atom. The van der Waals surface area contributed by atoms with Crippen LogP contribution in [-0.2, 0) is 6.54 Å². The van der Waals surface area contributed by atoms with Gasteiger partial charge in [0, 0.05) is 11.6 Å². The molecule has 0 radical (unpaired) electrons. The van der Waals surface area contributed by atoms with E-state index in [0.29, 0.717) is 10.7 Å². The fraction of sp³-hybridized carbons (Fsp3) is 0.0952.